The zero-order valence-corrected chi connectivity index (χ0v) is 17.7. The standard InChI is InChI=1S/C16H14ClF3N6OS2/c1-15(2,3)23-13-24-25-14(29-13)28-9-7-22-26(12(27)11(9)17)10-5-4-8(6-21-10)16(18,19)20/h4-7H,1-3H3,(H,23,24). The SMILES string of the molecule is CC(C)(C)Nc1nnc(Sc2cnn(-c3ccc(C(F)(F)F)cn3)c(=O)c2Cl)s1. The summed E-state index contributed by atoms with van der Waals surface area (Å²) < 4.78 is 39.3. The maximum absolute atomic E-state index is 12.7. The molecule has 0 radical (unpaired) electrons. The number of hydrogen-bond donors (Lipinski definition) is 1. The van der Waals surface area contributed by atoms with Gasteiger partial charge >= 0.3 is 6.18 Å². The lowest BCUT2D eigenvalue weighted by Gasteiger charge is -2.18. The Bertz CT molecular complexity index is 1080. The first-order chi connectivity index (χ1) is 13.4. The maximum atomic E-state index is 12.7. The summed E-state index contributed by atoms with van der Waals surface area (Å²) in [6.07, 6.45) is -2.57. The summed E-state index contributed by atoms with van der Waals surface area (Å²) in [5.74, 6) is -0.0750. The Morgan fingerprint density at radius 1 is 1.17 bits per heavy atom. The van der Waals surface area contributed by atoms with Gasteiger partial charge in [-0.3, -0.25) is 4.79 Å². The average molecular weight is 463 g/mol. The van der Waals surface area contributed by atoms with E-state index in [2.05, 4.69) is 25.6 Å². The molecule has 0 amide bonds. The molecule has 0 spiro atoms. The van der Waals surface area contributed by atoms with Crippen LogP contribution < -0.4 is 10.9 Å². The van der Waals surface area contributed by atoms with Gasteiger partial charge in [0, 0.05) is 11.7 Å². The van der Waals surface area contributed by atoms with E-state index in [1.807, 2.05) is 20.8 Å². The molecule has 0 aliphatic rings. The molecule has 0 aromatic carbocycles. The van der Waals surface area contributed by atoms with Crippen molar-refractivity contribution in [1.29, 1.82) is 0 Å². The normalized spacial score (nSPS) is 12.2. The molecule has 0 aliphatic heterocycles. The summed E-state index contributed by atoms with van der Waals surface area (Å²) in [4.78, 5) is 16.5. The van der Waals surface area contributed by atoms with Gasteiger partial charge in [-0.25, -0.2) is 4.98 Å². The van der Waals surface area contributed by atoms with Gasteiger partial charge in [0.1, 0.15) is 5.02 Å². The van der Waals surface area contributed by atoms with E-state index >= 15 is 0 Å². The Labute approximate surface area is 176 Å². The third-order valence-corrected chi connectivity index (χ3v) is 5.66. The Morgan fingerprint density at radius 3 is 2.48 bits per heavy atom. The molecular formula is C16H14ClF3N6OS2. The first kappa shape index (κ1) is 21.5. The second kappa shape index (κ2) is 7.92. The number of halogens is 4. The van der Waals surface area contributed by atoms with E-state index in [0.29, 0.717) is 20.6 Å². The lowest BCUT2D eigenvalue weighted by atomic mass is 10.1. The number of rotatable bonds is 4. The van der Waals surface area contributed by atoms with Crippen molar-refractivity contribution in [2.24, 2.45) is 0 Å². The van der Waals surface area contributed by atoms with Crippen LogP contribution in [0.15, 0.2) is 38.6 Å². The molecule has 29 heavy (non-hydrogen) atoms. The van der Waals surface area contributed by atoms with Crippen LogP contribution in [-0.4, -0.2) is 30.5 Å². The van der Waals surface area contributed by atoms with Crippen LogP contribution in [0.3, 0.4) is 0 Å². The molecule has 3 aromatic heterocycles. The van der Waals surface area contributed by atoms with Crippen LogP contribution in [0.5, 0.6) is 0 Å². The fraction of sp³-hybridized carbons (Fsp3) is 0.312. The highest BCUT2D eigenvalue weighted by atomic mass is 35.5. The van der Waals surface area contributed by atoms with E-state index < -0.39 is 17.3 Å². The molecule has 3 rings (SSSR count). The maximum Gasteiger partial charge on any atom is 0.417 e. The zero-order chi connectivity index (χ0) is 21.4. The van der Waals surface area contributed by atoms with Crippen molar-refractivity contribution < 1.29 is 13.2 Å². The molecule has 0 atom stereocenters. The zero-order valence-electron chi connectivity index (χ0n) is 15.3. The minimum Gasteiger partial charge on any atom is -0.355 e. The van der Waals surface area contributed by atoms with Crippen LogP contribution in [0.4, 0.5) is 18.3 Å². The molecule has 154 valence electrons. The van der Waals surface area contributed by atoms with E-state index in [0.717, 1.165) is 28.6 Å². The number of nitrogens with zero attached hydrogens (tertiary/aromatic N) is 5. The fourth-order valence-electron chi connectivity index (χ4n) is 2.05. The number of hydrogen-bond acceptors (Lipinski definition) is 8. The van der Waals surface area contributed by atoms with E-state index in [1.165, 1.54) is 17.5 Å². The monoisotopic (exact) mass is 462 g/mol. The van der Waals surface area contributed by atoms with Gasteiger partial charge in [0.2, 0.25) is 5.13 Å². The molecule has 0 unspecified atom stereocenters. The van der Waals surface area contributed by atoms with Crippen molar-refractivity contribution in [1.82, 2.24) is 25.0 Å². The minimum atomic E-state index is -4.52. The highest BCUT2D eigenvalue weighted by molar-refractivity contribution is 8.01. The van der Waals surface area contributed by atoms with Crippen molar-refractivity contribution in [3.63, 3.8) is 0 Å². The third kappa shape index (κ3) is 5.25. The van der Waals surface area contributed by atoms with Crippen molar-refractivity contribution in [2.75, 3.05) is 5.32 Å². The van der Waals surface area contributed by atoms with Crippen LogP contribution in [0, 0.1) is 0 Å². The molecule has 13 heteroatoms. The van der Waals surface area contributed by atoms with Crippen molar-refractivity contribution in [3.05, 3.63) is 45.5 Å². The van der Waals surface area contributed by atoms with E-state index in [9.17, 15) is 18.0 Å². The molecule has 0 saturated carbocycles. The van der Waals surface area contributed by atoms with Gasteiger partial charge < -0.3 is 5.32 Å². The molecule has 3 heterocycles. The Hall–Kier alpha value is -2.18. The first-order valence-electron chi connectivity index (χ1n) is 8.05. The molecule has 1 N–H and O–H groups in total. The molecule has 0 aliphatic carbocycles. The predicted molar refractivity (Wildman–Crippen MR) is 105 cm³/mol. The molecular weight excluding hydrogens is 449 g/mol. The summed E-state index contributed by atoms with van der Waals surface area (Å²) in [5, 5.41) is 15.7. The van der Waals surface area contributed by atoms with E-state index in [-0.39, 0.29) is 16.4 Å². The van der Waals surface area contributed by atoms with Gasteiger partial charge in [-0.2, -0.15) is 23.0 Å². The van der Waals surface area contributed by atoms with Crippen LogP contribution >= 0.6 is 34.7 Å². The van der Waals surface area contributed by atoms with Crippen LogP contribution in [0.25, 0.3) is 5.82 Å². The first-order valence-corrected chi connectivity index (χ1v) is 10.1. The Morgan fingerprint density at radius 2 is 1.90 bits per heavy atom. The van der Waals surface area contributed by atoms with Crippen LogP contribution in [0.2, 0.25) is 5.02 Å². The van der Waals surface area contributed by atoms with Gasteiger partial charge in [0.05, 0.1) is 16.7 Å². The van der Waals surface area contributed by atoms with Crippen LogP contribution in [0.1, 0.15) is 26.3 Å². The quantitative estimate of drug-likeness (QED) is 0.610. The van der Waals surface area contributed by atoms with Gasteiger partial charge in [-0.15, -0.1) is 10.2 Å². The van der Waals surface area contributed by atoms with Crippen molar-refractivity contribution in [2.45, 2.75) is 41.7 Å². The molecule has 0 fully saturated rings. The molecule has 0 saturated heterocycles. The largest absolute Gasteiger partial charge is 0.417 e. The Kier molecular flexibility index (Phi) is 5.88. The highest BCUT2D eigenvalue weighted by Crippen LogP contribution is 2.35. The summed E-state index contributed by atoms with van der Waals surface area (Å²) in [6.45, 7) is 5.95. The van der Waals surface area contributed by atoms with E-state index in [1.54, 1.807) is 0 Å². The number of aromatic nitrogens is 5. The topological polar surface area (TPSA) is 85.6 Å². The van der Waals surface area contributed by atoms with E-state index in [4.69, 9.17) is 11.6 Å². The smallest absolute Gasteiger partial charge is 0.355 e. The Balaban J connectivity index is 1.84. The summed E-state index contributed by atoms with van der Waals surface area (Å²) in [5.41, 5.74) is -1.82. The minimum absolute atomic E-state index is 0.0750. The second-order valence-corrected chi connectivity index (χ2v) is 9.44. The fourth-order valence-corrected chi connectivity index (χ4v) is 4.20. The number of alkyl halides is 3. The highest BCUT2D eigenvalue weighted by Gasteiger charge is 2.30. The summed E-state index contributed by atoms with van der Waals surface area (Å²) in [6, 6.07) is 1.87. The van der Waals surface area contributed by atoms with Crippen LogP contribution in [-0.2, 0) is 6.18 Å². The molecule has 7 nitrogen and oxygen atoms in total. The molecule has 0 bridgehead atoms. The lowest BCUT2D eigenvalue weighted by Crippen LogP contribution is -2.25. The van der Waals surface area contributed by atoms with Gasteiger partial charge in [0.25, 0.3) is 5.56 Å². The lowest BCUT2D eigenvalue weighted by molar-refractivity contribution is -0.137. The summed E-state index contributed by atoms with van der Waals surface area (Å²) in [7, 11) is 0. The third-order valence-electron chi connectivity index (χ3n) is 3.26. The van der Waals surface area contributed by atoms with Gasteiger partial charge in [0.15, 0.2) is 10.2 Å². The van der Waals surface area contributed by atoms with Crippen molar-refractivity contribution >= 4 is 39.8 Å². The number of pyridine rings is 1. The van der Waals surface area contributed by atoms with Gasteiger partial charge in [-0.1, -0.05) is 34.7 Å². The second-order valence-electron chi connectivity index (χ2n) is 6.79. The predicted octanol–water partition coefficient (Wildman–Crippen LogP) is 4.51. The van der Waals surface area contributed by atoms with Gasteiger partial charge in [-0.05, 0) is 32.9 Å². The summed E-state index contributed by atoms with van der Waals surface area (Å²) >= 11 is 8.56. The number of nitrogens with one attached hydrogen (secondary N) is 1. The van der Waals surface area contributed by atoms with Crippen molar-refractivity contribution in [3.8, 4) is 5.82 Å². The number of anilines is 1. The average Bonchev–Trinajstić information content (AvgIpc) is 3.03. The molecule has 3 aromatic rings.